The van der Waals surface area contributed by atoms with Crippen LogP contribution in [0.2, 0.25) is 5.02 Å². The van der Waals surface area contributed by atoms with Crippen LogP contribution in [0, 0.1) is 11.3 Å². The van der Waals surface area contributed by atoms with Gasteiger partial charge in [0.25, 0.3) is 0 Å². The van der Waals surface area contributed by atoms with E-state index in [1.54, 1.807) is 30.3 Å². The smallest absolute Gasteiger partial charge is 0.243 e. The Balaban J connectivity index is 1.46. The molecule has 0 unspecified atom stereocenters. The molecule has 158 valence electrons. The molecule has 2 heterocycles. The summed E-state index contributed by atoms with van der Waals surface area (Å²) in [5, 5.41) is 9.54. The van der Waals surface area contributed by atoms with Crippen LogP contribution in [0.5, 0.6) is 11.5 Å². The molecular weight excluding hydrogens is 428 g/mol. The maximum absolute atomic E-state index is 13.0. The van der Waals surface area contributed by atoms with E-state index < -0.39 is 15.8 Å². The molecule has 0 aromatic heterocycles. The number of nitriles is 1. The Labute approximate surface area is 180 Å². The van der Waals surface area contributed by atoms with Gasteiger partial charge in [0, 0.05) is 25.9 Å². The van der Waals surface area contributed by atoms with E-state index in [0.717, 1.165) is 6.42 Å². The minimum Gasteiger partial charge on any atom is -0.456 e. The number of piperidine rings is 1. The molecule has 0 saturated carbocycles. The highest BCUT2D eigenvalue weighted by atomic mass is 35.5. The first kappa shape index (κ1) is 21.1. The van der Waals surface area contributed by atoms with Gasteiger partial charge in [0.05, 0.1) is 23.1 Å². The van der Waals surface area contributed by atoms with Crippen LogP contribution in [0.25, 0.3) is 0 Å². The van der Waals surface area contributed by atoms with Gasteiger partial charge in [0.15, 0.2) is 5.79 Å². The summed E-state index contributed by atoms with van der Waals surface area (Å²) >= 11 is 6.02. The maximum Gasteiger partial charge on any atom is 0.243 e. The molecule has 2 aromatic rings. The Kier molecular flexibility index (Phi) is 6.00. The van der Waals surface area contributed by atoms with E-state index >= 15 is 0 Å². The van der Waals surface area contributed by atoms with E-state index in [4.69, 9.17) is 25.8 Å². The normalized spacial score (nSPS) is 19.3. The summed E-state index contributed by atoms with van der Waals surface area (Å²) in [6.45, 7) is 1.98. The zero-order valence-electron chi connectivity index (χ0n) is 16.2. The molecule has 4 rings (SSSR count). The Morgan fingerprint density at radius 2 is 1.73 bits per heavy atom. The molecule has 30 heavy (non-hydrogen) atoms. The Morgan fingerprint density at radius 3 is 2.37 bits per heavy atom. The van der Waals surface area contributed by atoms with Crippen molar-refractivity contribution < 1.29 is 22.6 Å². The van der Waals surface area contributed by atoms with E-state index in [1.807, 2.05) is 6.07 Å². The minimum absolute atomic E-state index is 0.183. The molecule has 0 atom stereocenters. The van der Waals surface area contributed by atoms with Gasteiger partial charge in [-0.3, -0.25) is 0 Å². The summed E-state index contributed by atoms with van der Waals surface area (Å²) < 4.78 is 44.8. The summed E-state index contributed by atoms with van der Waals surface area (Å²) in [6.07, 6.45) is 1.89. The molecule has 0 N–H and O–H groups in total. The van der Waals surface area contributed by atoms with Crippen molar-refractivity contribution in [1.29, 1.82) is 5.26 Å². The van der Waals surface area contributed by atoms with Crippen LogP contribution in [-0.2, 0) is 19.5 Å². The van der Waals surface area contributed by atoms with Crippen molar-refractivity contribution in [2.45, 2.75) is 29.9 Å². The van der Waals surface area contributed by atoms with Gasteiger partial charge < -0.3 is 14.2 Å². The first-order valence-electron chi connectivity index (χ1n) is 9.68. The van der Waals surface area contributed by atoms with Crippen LogP contribution in [0.4, 0.5) is 0 Å². The van der Waals surface area contributed by atoms with Crippen molar-refractivity contribution in [3.63, 3.8) is 0 Å². The van der Waals surface area contributed by atoms with Crippen molar-refractivity contribution in [1.82, 2.24) is 4.31 Å². The average Bonchev–Trinajstić information content (AvgIpc) is 2.75. The molecule has 2 aromatic carbocycles. The van der Waals surface area contributed by atoms with Gasteiger partial charge in [-0.25, -0.2) is 8.42 Å². The summed E-state index contributed by atoms with van der Waals surface area (Å²) in [4.78, 5) is 0.183. The minimum atomic E-state index is -3.63. The van der Waals surface area contributed by atoms with Crippen molar-refractivity contribution >= 4 is 21.6 Å². The van der Waals surface area contributed by atoms with Crippen LogP contribution in [0.1, 0.15) is 24.8 Å². The Hall–Kier alpha value is -2.15. The molecule has 2 saturated heterocycles. The Bertz CT molecular complexity index is 1050. The van der Waals surface area contributed by atoms with Crippen molar-refractivity contribution in [3.8, 4) is 17.6 Å². The van der Waals surface area contributed by atoms with Crippen LogP contribution >= 0.6 is 11.6 Å². The zero-order valence-corrected chi connectivity index (χ0v) is 17.8. The molecule has 9 heteroatoms. The van der Waals surface area contributed by atoms with Crippen LogP contribution in [0.3, 0.4) is 0 Å². The first-order chi connectivity index (χ1) is 14.4. The third kappa shape index (κ3) is 4.17. The van der Waals surface area contributed by atoms with Gasteiger partial charge >= 0.3 is 0 Å². The lowest BCUT2D eigenvalue weighted by molar-refractivity contribution is -0.280. The number of sulfonamides is 1. The van der Waals surface area contributed by atoms with Gasteiger partial charge in [0.2, 0.25) is 10.0 Å². The zero-order chi connectivity index (χ0) is 21.2. The lowest BCUT2D eigenvalue weighted by Crippen LogP contribution is -2.51. The highest BCUT2D eigenvalue weighted by Crippen LogP contribution is 2.34. The Morgan fingerprint density at radius 1 is 1.07 bits per heavy atom. The molecule has 2 fully saturated rings. The summed E-state index contributed by atoms with van der Waals surface area (Å²) in [7, 11) is -3.63. The van der Waals surface area contributed by atoms with Gasteiger partial charge in [-0.05, 0) is 42.8 Å². The van der Waals surface area contributed by atoms with E-state index in [9.17, 15) is 13.7 Å². The summed E-state index contributed by atoms with van der Waals surface area (Å²) in [5.74, 6) is 0.0842. The van der Waals surface area contributed by atoms with Gasteiger partial charge in [-0.1, -0.05) is 17.7 Å². The number of hydrogen-bond donors (Lipinski definition) is 0. The largest absolute Gasteiger partial charge is 0.456 e. The van der Waals surface area contributed by atoms with Gasteiger partial charge in [-0.2, -0.15) is 9.57 Å². The monoisotopic (exact) mass is 448 g/mol. The molecule has 2 aliphatic rings. The molecular formula is C21H21ClN2O5S. The molecule has 0 bridgehead atoms. The number of hydrogen-bond acceptors (Lipinski definition) is 6. The standard InChI is InChI=1S/C21H21ClN2O5S/c22-19-3-1-4-20(18(19)15-23)29-16-5-7-17(8-6-16)30(25,26)24-11-9-21(10-12-24)27-13-2-14-28-21/h1,3-8H,2,9-14H2. The van der Waals surface area contributed by atoms with Gasteiger partial charge in [0.1, 0.15) is 23.1 Å². The van der Waals surface area contributed by atoms with E-state index in [0.29, 0.717) is 55.7 Å². The second kappa shape index (κ2) is 8.53. The highest BCUT2D eigenvalue weighted by Gasteiger charge is 2.41. The maximum atomic E-state index is 13.0. The highest BCUT2D eigenvalue weighted by molar-refractivity contribution is 7.89. The third-order valence-electron chi connectivity index (χ3n) is 5.28. The van der Waals surface area contributed by atoms with Crippen LogP contribution in [-0.4, -0.2) is 44.8 Å². The van der Waals surface area contributed by atoms with Crippen LogP contribution < -0.4 is 4.74 Å². The number of halogens is 1. The fourth-order valence-corrected chi connectivity index (χ4v) is 5.28. The number of rotatable bonds is 4. The predicted octanol–water partition coefficient (Wildman–Crippen LogP) is 3.92. The third-order valence-corrected chi connectivity index (χ3v) is 7.51. The SMILES string of the molecule is N#Cc1c(Cl)cccc1Oc1ccc(S(=O)(=O)N2CCC3(CC2)OCCCO3)cc1. The summed E-state index contributed by atoms with van der Waals surface area (Å²) in [5.41, 5.74) is 0.227. The lowest BCUT2D eigenvalue weighted by atomic mass is 10.0. The molecule has 0 amide bonds. The first-order valence-corrected chi connectivity index (χ1v) is 11.5. The van der Waals surface area contributed by atoms with Crippen molar-refractivity contribution in [2.75, 3.05) is 26.3 Å². The van der Waals surface area contributed by atoms with E-state index in [-0.39, 0.29) is 10.5 Å². The van der Waals surface area contributed by atoms with Crippen molar-refractivity contribution in [3.05, 3.63) is 53.1 Å². The number of nitrogens with zero attached hydrogens (tertiary/aromatic N) is 2. The fraction of sp³-hybridized carbons (Fsp3) is 0.381. The molecule has 7 nitrogen and oxygen atoms in total. The predicted molar refractivity (Wildman–Crippen MR) is 110 cm³/mol. The number of benzene rings is 2. The topological polar surface area (TPSA) is 88.9 Å². The van der Waals surface area contributed by atoms with E-state index in [1.165, 1.54) is 16.4 Å². The lowest BCUT2D eigenvalue weighted by Gasteiger charge is -2.42. The molecule has 0 radical (unpaired) electrons. The molecule has 1 spiro atoms. The summed E-state index contributed by atoms with van der Waals surface area (Å²) in [6, 6.07) is 13.1. The van der Waals surface area contributed by atoms with Crippen molar-refractivity contribution in [2.24, 2.45) is 0 Å². The average molecular weight is 449 g/mol. The van der Waals surface area contributed by atoms with E-state index in [2.05, 4.69) is 0 Å². The van der Waals surface area contributed by atoms with Gasteiger partial charge in [-0.15, -0.1) is 0 Å². The molecule has 0 aliphatic carbocycles. The van der Waals surface area contributed by atoms with Crippen LogP contribution in [0.15, 0.2) is 47.4 Å². The molecule has 2 aliphatic heterocycles. The number of ether oxygens (including phenoxy) is 3. The fourth-order valence-electron chi connectivity index (χ4n) is 3.63. The second-order valence-electron chi connectivity index (χ2n) is 7.16. The second-order valence-corrected chi connectivity index (χ2v) is 9.51. The quantitative estimate of drug-likeness (QED) is 0.704.